The molecule has 0 amide bonds. The first-order valence-electron chi connectivity index (χ1n) is 6.45. The van der Waals surface area contributed by atoms with Crippen LogP contribution in [0.1, 0.15) is 34.2 Å². The van der Waals surface area contributed by atoms with Crippen molar-refractivity contribution < 1.29 is 9.90 Å². The number of fused-ring (bicyclic) bond motifs is 1. The van der Waals surface area contributed by atoms with Crippen molar-refractivity contribution in [1.82, 2.24) is 4.98 Å². The minimum Gasteiger partial charge on any atom is -0.481 e. The summed E-state index contributed by atoms with van der Waals surface area (Å²) >= 11 is 1.60. The summed E-state index contributed by atoms with van der Waals surface area (Å²) in [5.74, 6) is -0.367. The second-order valence-electron chi connectivity index (χ2n) is 4.96. The Morgan fingerprint density at radius 2 is 2.16 bits per heavy atom. The van der Waals surface area contributed by atoms with Crippen LogP contribution in [0, 0.1) is 0 Å². The van der Waals surface area contributed by atoms with E-state index in [1.807, 2.05) is 5.38 Å². The molecule has 1 aliphatic carbocycles. The van der Waals surface area contributed by atoms with Crippen LogP contribution >= 0.6 is 11.3 Å². The van der Waals surface area contributed by atoms with E-state index in [9.17, 15) is 4.79 Å². The average Bonchev–Trinajstić information content (AvgIpc) is 2.86. The molecule has 0 aliphatic heterocycles. The highest BCUT2D eigenvalue weighted by atomic mass is 32.1. The zero-order valence-corrected chi connectivity index (χ0v) is 11.3. The maximum absolute atomic E-state index is 10.7. The second-order valence-corrected chi connectivity index (χ2v) is 5.85. The van der Waals surface area contributed by atoms with Crippen LogP contribution in [-0.4, -0.2) is 16.1 Å². The Morgan fingerprint density at radius 1 is 1.37 bits per heavy atom. The van der Waals surface area contributed by atoms with Gasteiger partial charge in [-0.3, -0.25) is 4.79 Å². The number of nitrogens with zero attached hydrogens (tertiary/aromatic N) is 1. The van der Waals surface area contributed by atoms with Gasteiger partial charge in [0.05, 0.1) is 17.1 Å². The molecule has 3 rings (SSSR count). The third-order valence-electron chi connectivity index (χ3n) is 3.60. The smallest absolute Gasteiger partial charge is 0.309 e. The molecule has 1 aromatic heterocycles. The van der Waals surface area contributed by atoms with Gasteiger partial charge >= 0.3 is 5.97 Å². The van der Waals surface area contributed by atoms with E-state index in [1.165, 1.54) is 11.1 Å². The summed E-state index contributed by atoms with van der Waals surface area (Å²) < 4.78 is 0. The van der Waals surface area contributed by atoms with Crippen molar-refractivity contribution >= 4 is 17.3 Å². The molecular weight excluding hydrogens is 258 g/mol. The molecule has 0 saturated heterocycles. The van der Waals surface area contributed by atoms with Crippen LogP contribution in [-0.2, 0) is 24.1 Å². The first kappa shape index (κ1) is 12.4. The van der Waals surface area contributed by atoms with Crippen molar-refractivity contribution in [3.8, 4) is 0 Å². The predicted octanol–water partition coefficient (Wildman–Crippen LogP) is 3.04. The molecule has 3 nitrogen and oxygen atoms in total. The number of hydrogen-bond donors (Lipinski definition) is 1. The molecule has 4 heteroatoms. The summed E-state index contributed by atoms with van der Waals surface area (Å²) in [4.78, 5) is 15.2. The van der Waals surface area contributed by atoms with Crippen molar-refractivity contribution in [2.75, 3.05) is 0 Å². The second kappa shape index (κ2) is 5.13. The molecule has 1 aromatic carbocycles. The normalized spacial score (nSPS) is 18.0. The Balaban J connectivity index is 1.77. The molecular formula is C15H15NO2S. The molecule has 1 aliphatic rings. The van der Waals surface area contributed by atoms with E-state index >= 15 is 0 Å². The minimum absolute atomic E-state index is 0.0276. The van der Waals surface area contributed by atoms with Crippen LogP contribution in [0.4, 0.5) is 0 Å². The van der Waals surface area contributed by atoms with Gasteiger partial charge in [-0.15, -0.1) is 11.3 Å². The molecule has 2 aromatic rings. The lowest BCUT2D eigenvalue weighted by molar-refractivity contribution is -0.136. The van der Waals surface area contributed by atoms with E-state index in [1.54, 1.807) is 11.3 Å². The quantitative estimate of drug-likeness (QED) is 0.935. The first-order valence-corrected chi connectivity index (χ1v) is 7.33. The van der Waals surface area contributed by atoms with Crippen molar-refractivity contribution in [2.45, 2.75) is 31.6 Å². The number of carboxylic acids is 1. The Labute approximate surface area is 115 Å². The number of hydrogen-bond acceptors (Lipinski definition) is 3. The van der Waals surface area contributed by atoms with Gasteiger partial charge in [-0.1, -0.05) is 24.3 Å². The predicted molar refractivity (Wildman–Crippen MR) is 74.7 cm³/mol. The van der Waals surface area contributed by atoms with E-state index < -0.39 is 5.97 Å². The van der Waals surface area contributed by atoms with Crippen LogP contribution in [0.25, 0.3) is 0 Å². The van der Waals surface area contributed by atoms with E-state index in [-0.39, 0.29) is 6.42 Å². The Hall–Kier alpha value is -1.68. The van der Waals surface area contributed by atoms with Gasteiger partial charge in [-0.05, 0) is 30.4 Å². The van der Waals surface area contributed by atoms with Gasteiger partial charge < -0.3 is 5.11 Å². The van der Waals surface area contributed by atoms with Gasteiger partial charge in [0.25, 0.3) is 0 Å². The molecule has 1 heterocycles. The molecule has 0 radical (unpaired) electrons. The molecule has 0 spiro atoms. The van der Waals surface area contributed by atoms with Crippen LogP contribution in [0.5, 0.6) is 0 Å². The molecule has 0 fully saturated rings. The first-order chi connectivity index (χ1) is 9.22. The van der Waals surface area contributed by atoms with Crippen molar-refractivity contribution in [1.29, 1.82) is 0 Å². The van der Waals surface area contributed by atoms with E-state index in [4.69, 9.17) is 5.11 Å². The minimum atomic E-state index is -0.814. The van der Waals surface area contributed by atoms with Crippen LogP contribution in [0.15, 0.2) is 29.6 Å². The number of aliphatic carboxylic acids is 1. The summed E-state index contributed by atoms with van der Waals surface area (Å²) in [6, 6.07) is 8.56. The van der Waals surface area contributed by atoms with Gasteiger partial charge in [-0.25, -0.2) is 4.98 Å². The number of carboxylic acid groups (broad SMARTS) is 1. The van der Waals surface area contributed by atoms with Crippen molar-refractivity contribution in [2.24, 2.45) is 0 Å². The zero-order chi connectivity index (χ0) is 13.2. The zero-order valence-electron chi connectivity index (χ0n) is 10.5. The highest BCUT2D eigenvalue weighted by molar-refractivity contribution is 7.09. The summed E-state index contributed by atoms with van der Waals surface area (Å²) in [6.45, 7) is 0. The fourth-order valence-corrected chi connectivity index (χ4v) is 3.61. The van der Waals surface area contributed by atoms with E-state index in [0.717, 1.165) is 24.3 Å². The Morgan fingerprint density at radius 3 is 2.95 bits per heavy atom. The lowest BCUT2D eigenvalue weighted by Gasteiger charge is -2.22. The molecule has 19 heavy (non-hydrogen) atoms. The lowest BCUT2D eigenvalue weighted by atomic mass is 9.84. The molecule has 0 bridgehead atoms. The fourth-order valence-electron chi connectivity index (χ4n) is 2.65. The molecule has 1 atom stereocenters. The molecule has 1 unspecified atom stereocenters. The number of benzene rings is 1. The van der Waals surface area contributed by atoms with Gasteiger partial charge in [-0.2, -0.15) is 0 Å². The average molecular weight is 273 g/mol. The van der Waals surface area contributed by atoms with E-state index in [0.29, 0.717) is 11.6 Å². The maximum Gasteiger partial charge on any atom is 0.309 e. The monoisotopic (exact) mass is 273 g/mol. The molecule has 98 valence electrons. The van der Waals surface area contributed by atoms with Crippen molar-refractivity contribution in [3.05, 3.63) is 51.5 Å². The summed E-state index contributed by atoms with van der Waals surface area (Å²) in [6.07, 6.45) is 3.25. The fraction of sp³-hybridized carbons (Fsp3) is 0.333. The highest BCUT2D eigenvalue weighted by Gasteiger charge is 2.22. The Bertz CT molecular complexity index is 606. The van der Waals surface area contributed by atoms with Crippen LogP contribution < -0.4 is 0 Å². The SMILES string of the molecule is O=C(O)Cc1csc(C2CCc3ccccc3C2)n1. The largest absolute Gasteiger partial charge is 0.481 e. The lowest BCUT2D eigenvalue weighted by Crippen LogP contribution is -2.12. The third-order valence-corrected chi connectivity index (χ3v) is 4.65. The molecule has 1 N–H and O–H groups in total. The van der Waals surface area contributed by atoms with Gasteiger partial charge in [0.15, 0.2) is 0 Å². The standard InChI is InChI=1S/C15H15NO2S/c17-14(18)8-13-9-19-15(16-13)12-6-5-10-3-1-2-4-11(10)7-12/h1-4,9,12H,5-8H2,(H,17,18). The highest BCUT2D eigenvalue weighted by Crippen LogP contribution is 2.34. The summed E-state index contributed by atoms with van der Waals surface area (Å²) in [5, 5.41) is 11.7. The van der Waals surface area contributed by atoms with Gasteiger partial charge in [0.2, 0.25) is 0 Å². The number of thiazole rings is 1. The topological polar surface area (TPSA) is 50.2 Å². The van der Waals surface area contributed by atoms with E-state index in [2.05, 4.69) is 29.2 Å². The van der Waals surface area contributed by atoms with Crippen molar-refractivity contribution in [3.63, 3.8) is 0 Å². The summed E-state index contributed by atoms with van der Waals surface area (Å²) in [5.41, 5.74) is 3.54. The van der Waals surface area contributed by atoms with Crippen LogP contribution in [0.3, 0.4) is 0 Å². The number of rotatable bonds is 3. The number of aryl methyl sites for hydroxylation is 1. The third kappa shape index (κ3) is 2.68. The maximum atomic E-state index is 10.7. The summed E-state index contributed by atoms with van der Waals surface area (Å²) in [7, 11) is 0. The molecule has 0 saturated carbocycles. The van der Waals surface area contributed by atoms with Gasteiger partial charge in [0, 0.05) is 11.3 Å². The Kier molecular flexibility index (Phi) is 3.34. The number of aromatic nitrogens is 1. The number of carbonyl (C=O) groups is 1. The van der Waals surface area contributed by atoms with Gasteiger partial charge in [0.1, 0.15) is 0 Å². The van der Waals surface area contributed by atoms with Crippen LogP contribution in [0.2, 0.25) is 0 Å².